The molecule has 2 aliphatic rings. The Balaban J connectivity index is 0.00000392. The topological polar surface area (TPSA) is 76.5 Å². The quantitative estimate of drug-likeness (QED) is 0.259. The van der Waals surface area contributed by atoms with Gasteiger partial charge in [-0.25, -0.2) is 0 Å². The molecule has 164 valence electrons. The Morgan fingerprint density at radius 2 is 1.71 bits per heavy atom. The van der Waals surface area contributed by atoms with Crippen LogP contribution >= 0.6 is 12.6 Å². The molecule has 6 nitrogen and oxygen atoms in total. The fraction of sp³-hybridized carbons (Fsp3) is 1.00. The third kappa shape index (κ3) is 5.73. The Morgan fingerprint density at radius 1 is 1.07 bits per heavy atom. The van der Waals surface area contributed by atoms with E-state index in [0.29, 0.717) is 17.8 Å². The molecule has 0 N–H and O–H groups in total. The first kappa shape index (κ1) is 26.8. The van der Waals surface area contributed by atoms with Crippen LogP contribution in [0.4, 0.5) is 0 Å². The molecule has 2 saturated heterocycles. The summed E-state index contributed by atoms with van der Waals surface area (Å²) in [4.78, 5) is 3.05. The molecule has 0 aromatic carbocycles. The number of thiol groups is 1. The molecule has 28 heavy (non-hydrogen) atoms. The zero-order valence-corrected chi connectivity index (χ0v) is 19.7. The van der Waals surface area contributed by atoms with E-state index in [4.69, 9.17) is 32.4 Å². The van der Waals surface area contributed by atoms with Crippen molar-refractivity contribution in [1.29, 1.82) is 0 Å². The fourth-order valence-electron chi connectivity index (χ4n) is 4.53. The van der Waals surface area contributed by atoms with Gasteiger partial charge in [-0.1, -0.05) is 60.0 Å². The van der Waals surface area contributed by atoms with Crippen molar-refractivity contribution < 1.29 is 51.9 Å². The fourth-order valence-corrected chi connectivity index (χ4v) is 5.01. The molecule has 11 atom stereocenters. The summed E-state index contributed by atoms with van der Waals surface area (Å²) in [6.45, 7) is 15.2. The van der Waals surface area contributed by atoms with Gasteiger partial charge in [-0.15, -0.1) is 12.6 Å². The second-order valence-corrected chi connectivity index (χ2v) is 9.07. The second kappa shape index (κ2) is 12.0. The van der Waals surface area contributed by atoms with E-state index in [1.807, 2.05) is 0 Å². The average molecular weight is 440 g/mol. The van der Waals surface area contributed by atoms with Crippen LogP contribution in [0.3, 0.4) is 0 Å². The first-order valence-corrected chi connectivity index (χ1v) is 11.0. The van der Waals surface area contributed by atoms with Crippen LogP contribution in [0.5, 0.6) is 0 Å². The first-order chi connectivity index (χ1) is 12.8. The number of rotatable bonds is 6. The summed E-state index contributed by atoms with van der Waals surface area (Å²) in [5, 5.41) is 4.02. The number of hydrogen-bond acceptors (Lipinski definition) is 5. The minimum atomic E-state index is -0.560. The molecule has 2 fully saturated rings. The molecule has 2 rings (SSSR count). The van der Waals surface area contributed by atoms with Gasteiger partial charge in [0.1, 0.15) is 5.44 Å². The van der Waals surface area contributed by atoms with Crippen LogP contribution in [0.1, 0.15) is 61.3 Å². The largest absolute Gasteiger partial charge is 0.361 e. The van der Waals surface area contributed by atoms with Gasteiger partial charge in [0.15, 0.2) is 6.29 Å². The van der Waals surface area contributed by atoms with Crippen molar-refractivity contribution in [3.63, 3.8) is 0 Å². The second-order valence-electron chi connectivity index (χ2n) is 8.56. The monoisotopic (exact) mass is 439 g/mol. The van der Waals surface area contributed by atoms with Crippen LogP contribution in [-0.4, -0.2) is 36.1 Å². The van der Waals surface area contributed by atoms with E-state index >= 15 is 0 Å². The maximum Gasteiger partial charge on any atom is 0.167 e. The van der Waals surface area contributed by atoms with Gasteiger partial charge < -0.3 is 14.2 Å². The van der Waals surface area contributed by atoms with Crippen LogP contribution in [0.15, 0.2) is 5.11 Å². The van der Waals surface area contributed by atoms with E-state index in [-0.39, 0.29) is 79.4 Å². The van der Waals surface area contributed by atoms with Gasteiger partial charge in [-0.3, -0.25) is 0 Å². The Kier molecular flexibility index (Phi) is 11.5. The molecule has 0 aromatic heterocycles. The van der Waals surface area contributed by atoms with Gasteiger partial charge in [-0.05, 0) is 41.5 Å². The number of azide groups is 1. The minimum Gasteiger partial charge on any atom is -0.361 e. The molecule has 0 saturated carbocycles. The zero-order valence-electron chi connectivity index (χ0n) is 18.1. The van der Waals surface area contributed by atoms with Gasteiger partial charge >= 0.3 is 0 Å². The van der Waals surface area contributed by atoms with Crippen molar-refractivity contribution in [2.45, 2.75) is 97.4 Å². The van der Waals surface area contributed by atoms with E-state index in [2.05, 4.69) is 58.5 Å². The van der Waals surface area contributed by atoms with Gasteiger partial charge in [0, 0.05) is 42.6 Å². The first-order valence-electron chi connectivity index (χ1n) is 10.4. The number of hydrogen-bond donors (Lipinski definition) is 1. The Hall–Kier alpha value is 0.800. The summed E-state index contributed by atoms with van der Waals surface area (Å²) in [7, 11) is 0. The van der Waals surface area contributed by atoms with E-state index in [9.17, 15) is 0 Å². The molecule has 0 bridgehead atoms. The summed E-state index contributed by atoms with van der Waals surface area (Å²) < 4.78 is 18.9. The van der Waals surface area contributed by atoms with Gasteiger partial charge in [-0.2, -0.15) is 0 Å². The minimum absolute atomic E-state index is 0. The average Bonchev–Trinajstić information content (AvgIpc) is 2.66. The summed E-state index contributed by atoms with van der Waals surface area (Å²) in [5.41, 5.74) is 8.73. The van der Waals surface area contributed by atoms with E-state index in [1.54, 1.807) is 0 Å². The van der Waals surface area contributed by atoms with Crippen molar-refractivity contribution >= 4 is 12.6 Å². The summed E-state index contributed by atoms with van der Waals surface area (Å²) in [6, 6.07) is -0.344. The van der Waals surface area contributed by atoms with Gasteiger partial charge in [0.05, 0.1) is 24.4 Å². The van der Waals surface area contributed by atoms with Crippen molar-refractivity contribution in [3.05, 3.63) is 10.4 Å². The molecular formula is C20H37ArN3O3S. The third-order valence-electron chi connectivity index (χ3n) is 7.07. The Labute approximate surface area is 205 Å². The molecule has 0 aromatic rings. The van der Waals surface area contributed by atoms with Crippen LogP contribution in [0, 0.1) is 67.3 Å². The van der Waals surface area contributed by atoms with Crippen molar-refractivity contribution in [2.75, 3.05) is 0 Å². The molecule has 2 heterocycles. The van der Waals surface area contributed by atoms with Crippen LogP contribution in [0.2, 0.25) is 0 Å². The van der Waals surface area contributed by atoms with E-state index < -0.39 is 6.29 Å². The maximum atomic E-state index is 9.05. The predicted octanol–water partition coefficient (Wildman–Crippen LogP) is 5.43. The maximum absolute atomic E-state index is 9.05. The molecule has 0 spiro atoms. The smallest absolute Gasteiger partial charge is 0.167 e. The van der Waals surface area contributed by atoms with Gasteiger partial charge in [0.25, 0.3) is 0 Å². The van der Waals surface area contributed by atoms with Crippen molar-refractivity contribution in [1.82, 2.24) is 0 Å². The summed E-state index contributed by atoms with van der Waals surface area (Å²) >= 11 is 4.71. The van der Waals surface area contributed by atoms with Crippen LogP contribution < -0.4 is 0 Å². The van der Waals surface area contributed by atoms with Crippen LogP contribution in [0.25, 0.3) is 10.4 Å². The molecule has 8 heteroatoms. The molecule has 5 unspecified atom stereocenters. The Morgan fingerprint density at radius 3 is 2.25 bits per heavy atom. The van der Waals surface area contributed by atoms with Gasteiger partial charge in [0.2, 0.25) is 0 Å². The molecule has 0 aliphatic carbocycles. The number of ether oxygens (including phenoxy) is 3. The zero-order chi connectivity index (χ0) is 20.3. The molecule has 0 amide bonds. The normalized spacial score (nSPS) is 44.9. The molecule has 0 radical (unpaired) electrons. The third-order valence-corrected chi connectivity index (χ3v) is 7.48. The predicted molar refractivity (Wildman–Crippen MR) is 111 cm³/mol. The molecular weight excluding hydrogens is 402 g/mol. The summed E-state index contributed by atoms with van der Waals surface area (Å²) in [5.74, 6) is 1.60. The number of nitrogens with zero attached hydrogens (tertiary/aromatic N) is 3. The standard InChI is InChI=1S/C20H37N3O3S.Ar/c1-8-10(3)17-13(6)14(7)18(20(27)26-17)25-19-16(22-23-21)12(5)11(4)15(9-2)24-19;/h10-20,27H,8-9H2,1-7H3;/t10-,11-,12?,13-,14-,15+,16?,17?,18?,19+,20?;/m0./s1. The summed E-state index contributed by atoms with van der Waals surface area (Å²) in [6.07, 6.45) is 1.49. The van der Waals surface area contributed by atoms with Crippen molar-refractivity contribution in [3.8, 4) is 0 Å². The SMILES string of the molecule is CC[C@H](C)C1OC(S)C(O[C@H]2O[C@H](CC)[C@@H](C)C(C)C2N=[N+]=[N-])[C@@H](C)[C@@H]1C.[Ar]. The Bertz CT molecular complexity index is 537. The van der Waals surface area contributed by atoms with E-state index in [1.165, 1.54) is 0 Å². The van der Waals surface area contributed by atoms with E-state index in [0.717, 1.165) is 12.8 Å². The van der Waals surface area contributed by atoms with Crippen molar-refractivity contribution in [2.24, 2.45) is 34.7 Å². The van der Waals surface area contributed by atoms with Crippen LogP contribution in [-0.2, 0) is 14.2 Å². The molecule has 2 aliphatic heterocycles.